The molecule has 2 N–H and O–H groups in total. The summed E-state index contributed by atoms with van der Waals surface area (Å²) in [5.41, 5.74) is 2.38. The summed E-state index contributed by atoms with van der Waals surface area (Å²) in [7, 11) is 0. The summed E-state index contributed by atoms with van der Waals surface area (Å²) in [4.78, 5) is 11.7. The van der Waals surface area contributed by atoms with Crippen molar-refractivity contribution in [3.8, 4) is 5.75 Å². The zero-order chi connectivity index (χ0) is 16.7. The van der Waals surface area contributed by atoms with E-state index in [-0.39, 0.29) is 11.4 Å². The van der Waals surface area contributed by atoms with Crippen LogP contribution in [0.15, 0.2) is 36.4 Å². The normalized spacial score (nSPS) is 11.1. The number of benzene rings is 2. The standard InChI is InChI=1S/C17H13Cl2NO3/c1-9-12-7-11(21)3-5-15(12)20(16(9)17(22)23)8-10-2-4-13(18)14(19)6-10/h2-7,21H,8H2,1H3,(H,22,23). The number of halogens is 2. The van der Waals surface area contributed by atoms with Crippen molar-refractivity contribution in [1.82, 2.24) is 4.57 Å². The number of aromatic nitrogens is 1. The molecule has 2 aromatic carbocycles. The van der Waals surface area contributed by atoms with Gasteiger partial charge in [-0.15, -0.1) is 0 Å². The van der Waals surface area contributed by atoms with E-state index >= 15 is 0 Å². The van der Waals surface area contributed by atoms with Gasteiger partial charge in [0.15, 0.2) is 0 Å². The van der Waals surface area contributed by atoms with Gasteiger partial charge in [0, 0.05) is 17.4 Å². The lowest BCUT2D eigenvalue weighted by atomic mass is 10.1. The van der Waals surface area contributed by atoms with Gasteiger partial charge in [0.1, 0.15) is 11.4 Å². The summed E-state index contributed by atoms with van der Waals surface area (Å²) in [6.45, 7) is 2.07. The first-order valence-electron chi connectivity index (χ1n) is 6.87. The zero-order valence-electron chi connectivity index (χ0n) is 12.2. The van der Waals surface area contributed by atoms with Gasteiger partial charge in [0.05, 0.1) is 10.0 Å². The summed E-state index contributed by atoms with van der Waals surface area (Å²) < 4.78 is 1.70. The molecule has 0 saturated heterocycles. The highest BCUT2D eigenvalue weighted by Crippen LogP contribution is 2.30. The first kappa shape index (κ1) is 15.7. The van der Waals surface area contributed by atoms with E-state index in [2.05, 4.69) is 0 Å². The van der Waals surface area contributed by atoms with Crippen LogP contribution in [0.2, 0.25) is 10.0 Å². The molecule has 0 spiro atoms. The maximum Gasteiger partial charge on any atom is 0.352 e. The second-order valence-electron chi connectivity index (χ2n) is 5.31. The van der Waals surface area contributed by atoms with Crippen LogP contribution in [0.4, 0.5) is 0 Å². The van der Waals surface area contributed by atoms with Crippen LogP contribution in [0.25, 0.3) is 10.9 Å². The van der Waals surface area contributed by atoms with Gasteiger partial charge >= 0.3 is 5.97 Å². The Morgan fingerprint density at radius 2 is 1.87 bits per heavy atom. The molecule has 0 aliphatic heterocycles. The molecule has 6 heteroatoms. The second-order valence-corrected chi connectivity index (χ2v) is 6.13. The van der Waals surface area contributed by atoms with E-state index in [1.165, 1.54) is 0 Å². The molecule has 0 bridgehead atoms. The molecular weight excluding hydrogens is 337 g/mol. The fourth-order valence-electron chi connectivity index (χ4n) is 2.77. The number of fused-ring (bicyclic) bond motifs is 1. The van der Waals surface area contributed by atoms with Gasteiger partial charge in [-0.1, -0.05) is 29.3 Å². The smallest absolute Gasteiger partial charge is 0.352 e. The lowest BCUT2D eigenvalue weighted by Gasteiger charge is -2.10. The third kappa shape index (κ3) is 2.76. The van der Waals surface area contributed by atoms with Crippen molar-refractivity contribution in [1.29, 1.82) is 0 Å². The second kappa shape index (κ2) is 5.80. The van der Waals surface area contributed by atoms with Gasteiger partial charge in [-0.2, -0.15) is 0 Å². The number of carboxylic acids is 1. The Morgan fingerprint density at radius 3 is 2.52 bits per heavy atom. The van der Waals surface area contributed by atoms with Gasteiger partial charge in [-0.3, -0.25) is 0 Å². The maximum absolute atomic E-state index is 11.7. The van der Waals surface area contributed by atoms with Gasteiger partial charge in [-0.25, -0.2) is 4.79 Å². The van der Waals surface area contributed by atoms with E-state index in [1.54, 1.807) is 47.9 Å². The lowest BCUT2D eigenvalue weighted by molar-refractivity contribution is 0.0685. The Morgan fingerprint density at radius 1 is 1.13 bits per heavy atom. The minimum absolute atomic E-state index is 0.101. The van der Waals surface area contributed by atoms with Crippen molar-refractivity contribution in [2.75, 3.05) is 0 Å². The lowest BCUT2D eigenvalue weighted by Crippen LogP contribution is -2.10. The van der Waals surface area contributed by atoms with Crippen molar-refractivity contribution in [2.24, 2.45) is 0 Å². The third-order valence-corrected chi connectivity index (χ3v) is 4.57. The predicted octanol–water partition coefficient (Wildman–Crippen LogP) is 4.71. The predicted molar refractivity (Wildman–Crippen MR) is 90.9 cm³/mol. The van der Waals surface area contributed by atoms with E-state index in [0.717, 1.165) is 11.1 Å². The molecule has 0 atom stereocenters. The Balaban J connectivity index is 2.20. The van der Waals surface area contributed by atoms with E-state index in [9.17, 15) is 15.0 Å². The number of carbonyl (C=O) groups is 1. The number of hydrogen-bond donors (Lipinski definition) is 2. The number of carboxylic acid groups (broad SMARTS) is 1. The van der Waals surface area contributed by atoms with Gasteiger partial charge in [-0.05, 0) is 48.4 Å². The first-order valence-corrected chi connectivity index (χ1v) is 7.63. The van der Waals surface area contributed by atoms with Crippen LogP contribution in [-0.2, 0) is 6.54 Å². The minimum atomic E-state index is -1.02. The quantitative estimate of drug-likeness (QED) is 0.719. The van der Waals surface area contributed by atoms with Gasteiger partial charge < -0.3 is 14.8 Å². The summed E-state index contributed by atoms with van der Waals surface area (Å²) >= 11 is 12.0. The SMILES string of the molecule is Cc1c(C(=O)O)n(Cc2ccc(Cl)c(Cl)c2)c2ccc(O)cc12. The van der Waals surface area contributed by atoms with Crippen LogP contribution < -0.4 is 0 Å². The number of phenols is 1. The number of nitrogens with zero attached hydrogens (tertiary/aromatic N) is 1. The monoisotopic (exact) mass is 349 g/mol. The van der Waals surface area contributed by atoms with Crippen molar-refractivity contribution in [2.45, 2.75) is 13.5 Å². The molecule has 0 aliphatic rings. The molecule has 3 rings (SSSR count). The minimum Gasteiger partial charge on any atom is -0.508 e. The number of hydrogen-bond acceptors (Lipinski definition) is 2. The molecule has 0 saturated carbocycles. The summed E-state index contributed by atoms with van der Waals surface area (Å²) in [5.74, 6) is -0.914. The third-order valence-electron chi connectivity index (χ3n) is 3.83. The number of aromatic hydroxyl groups is 1. The average molecular weight is 350 g/mol. The molecular formula is C17H13Cl2NO3. The van der Waals surface area contributed by atoms with Crippen molar-refractivity contribution in [3.05, 3.63) is 63.3 Å². The number of aromatic carboxylic acids is 1. The van der Waals surface area contributed by atoms with Crippen LogP contribution in [0.3, 0.4) is 0 Å². The maximum atomic E-state index is 11.7. The number of rotatable bonds is 3. The highest BCUT2D eigenvalue weighted by atomic mass is 35.5. The van der Waals surface area contributed by atoms with E-state index < -0.39 is 5.97 Å². The van der Waals surface area contributed by atoms with E-state index in [1.807, 2.05) is 0 Å². The average Bonchev–Trinajstić information content (AvgIpc) is 2.75. The van der Waals surface area contributed by atoms with E-state index in [4.69, 9.17) is 23.2 Å². The Labute approximate surface area is 142 Å². The highest BCUT2D eigenvalue weighted by Gasteiger charge is 2.20. The van der Waals surface area contributed by atoms with Crippen molar-refractivity contribution < 1.29 is 15.0 Å². The molecule has 0 radical (unpaired) electrons. The Kier molecular flexibility index (Phi) is 3.96. The molecule has 0 aliphatic carbocycles. The van der Waals surface area contributed by atoms with Crippen molar-refractivity contribution in [3.63, 3.8) is 0 Å². The van der Waals surface area contributed by atoms with Gasteiger partial charge in [0.2, 0.25) is 0 Å². The summed E-state index contributed by atoms with van der Waals surface area (Å²) in [5, 5.41) is 20.8. The van der Waals surface area contributed by atoms with Crippen molar-refractivity contribution >= 4 is 40.1 Å². The molecule has 0 amide bonds. The van der Waals surface area contributed by atoms with Crippen LogP contribution in [-0.4, -0.2) is 20.7 Å². The zero-order valence-corrected chi connectivity index (χ0v) is 13.7. The first-order chi connectivity index (χ1) is 10.9. The van der Waals surface area contributed by atoms with Crippen LogP contribution >= 0.6 is 23.2 Å². The number of aryl methyl sites for hydroxylation is 1. The molecule has 0 unspecified atom stereocenters. The molecule has 118 valence electrons. The van der Waals surface area contributed by atoms with Crippen LogP contribution in [0.1, 0.15) is 21.6 Å². The summed E-state index contributed by atoms with van der Waals surface area (Å²) in [6.07, 6.45) is 0. The molecule has 4 nitrogen and oxygen atoms in total. The Bertz CT molecular complexity index is 931. The fraction of sp³-hybridized carbons (Fsp3) is 0.118. The largest absolute Gasteiger partial charge is 0.508 e. The fourth-order valence-corrected chi connectivity index (χ4v) is 3.09. The number of phenolic OH excluding ortho intramolecular Hbond substituents is 1. The molecule has 1 heterocycles. The topological polar surface area (TPSA) is 62.5 Å². The van der Waals surface area contributed by atoms with E-state index in [0.29, 0.717) is 27.5 Å². The molecule has 0 fully saturated rings. The van der Waals surface area contributed by atoms with Gasteiger partial charge in [0.25, 0.3) is 0 Å². The molecule has 1 aromatic heterocycles. The molecule has 23 heavy (non-hydrogen) atoms. The Hall–Kier alpha value is -2.17. The van der Waals surface area contributed by atoms with Crippen LogP contribution in [0.5, 0.6) is 5.75 Å². The summed E-state index contributed by atoms with van der Waals surface area (Å²) in [6, 6.07) is 10.0. The highest BCUT2D eigenvalue weighted by molar-refractivity contribution is 6.42. The molecule has 3 aromatic rings. The van der Waals surface area contributed by atoms with Crippen LogP contribution in [0, 0.1) is 6.92 Å².